The van der Waals surface area contributed by atoms with E-state index in [4.69, 9.17) is 4.74 Å². The number of rotatable bonds is 5. The lowest BCUT2D eigenvalue weighted by Gasteiger charge is -2.14. The van der Waals surface area contributed by atoms with E-state index in [9.17, 15) is 14.9 Å². The van der Waals surface area contributed by atoms with Crippen LogP contribution >= 0.6 is 0 Å². The van der Waals surface area contributed by atoms with Crippen molar-refractivity contribution >= 4 is 17.3 Å². The van der Waals surface area contributed by atoms with Crippen molar-refractivity contribution in [3.8, 4) is 5.75 Å². The first-order chi connectivity index (χ1) is 10.5. The molecular formula is C16H16N2O4. The normalized spacial score (nSPS) is 11.5. The number of hydrogen-bond acceptors (Lipinski definition) is 4. The Bertz CT molecular complexity index is 686. The third-order valence-electron chi connectivity index (χ3n) is 3.03. The fraction of sp³-hybridized carbons (Fsp3) is 0.188. The summed E-state index contributed by atoms with van der Waals surface area (Å²) in [6.45, 7) is 3.34. The van der Waals surface area contributed by atoms with E-state index in [-0.39, 0.29) is 11.4 Å². The number of para-hydroxylation sites is 1. The number of carbonyl (C=O) groups is 1. The number of carbonyl (C=O) groups excluding carboxylic acids is 1. The Hall–Kier alpha value is -2.89. The average Bonchev–Trinajstić information content (AvgIpc) is 2.49. The molecule has 2 aromatic rings. The number of aryl methyl sites for hydroxylation is 1. The van der Waals surface area contributed by atoms with Crippen LogP contribution in [0.25, 0.3) is 0 Å². The molecule has 0 aliphatic heterocycles. The average molecular weight is 300 g/mol. The van der Waals surface area contributed by atoms with Crippen LogP contribution in [0.2, 0.25) is 0 Å². The summed E-state index contributed by atoms with van der Waals surface area (Å²) in [5.41, 5.74) is 0.766. The van der Waals surface area contributed by atoms with Gasteiger partial charge in [0.25, 0.3) is 11.6 Å². The molecule has 114 valence electrons. The zero-order valence-corrected chi connectivity index (χ0v) is 12.3. The number of anilines is 1. The molecule has 0 radical (unpaired) electrons. The Kier molecular flexibility index (Phi) is 4.73. The summed E-state index contributed by atoms with van der Waals surface area (Å²) >= 11 is 0. The Labute approximate surface area is 127 Å². The summed E-state index contributed by atoms with van der Waals surface area (Å²) in [4.78, 5) is 22.6. The molecule has 1 N–H and O–H groups in total. The third kappa shape index (κ3) is 3.82. The fourth-order valence-corrected chi connectivity index (χ4v) is 1.89. The molecule has 0 spiro atoms. The second kappa shape index (κ2) is 6.71. The summed E-state index contributed by atoms with van der Waals surface area (Å²) in [7, 11) is 0. The van der Waals surface area contributed by atoms with Crippen molar-refractivity contribution in [3.05, 3.63) is 64.2 Å². The first-order valence-electron chi connectivity index (χ1n) is 6.75. The molecule has 6 heteroatoms. The number of nitro benzene ring substituents is 1. The third-order valence-corrected chi connectivity index (χ3v) is 3.03. The van der Waals surface area contributed by atoms with E-state index in [1.54, 1.807) is 44.2 Å². The first kappa shape index (κ1) is 15.5. The highest BCUT2D eigenvalue weighted by Crippen LogP contribution is 2.25. The van der Waals surface area contributed by atoms with Crippen LogP contribution in [0.15, 0.2) is 48.5 Å². The van der Waals surface area contributed by atoms with Gasteiger partial charge in [-0.3, -0.25) is 14.9 Å². The van der Waals surface area contributed by atoms with Crippen LogP contribution < -0.4 is 10.1 Å². The van der Waals surface area contributed by atoms with Gasteiger partial charge in [-0.15, -0.1) is 0 Å². The van der Waals surface area contributed by atoms with Gasteiger partial charge in [-0.05, 0) is 37.6 Å². The summed E-state index contributed by atoms with van der Waals surface area (Å²) in [6, 6.07) is 13.5. The topological polar surface area (TPSA) is 81.5 Å². The number of amides is 1. The van der Waals surface area contributed by atoms with Gasteiger partial charge >= 0.3 is 0 Å². The van der Waals surface area contributed by atoms with E-state index in [0.29, 0.717) is 5.75 Å². The number of nitrogens with zero attached hydrogens (tertiary/aromatic N) is 1. The highest BCUT2D eigenvalue weighted by atomic mass is 16.6. The Morgan fingerprint density at radius 2 is 1.91 bits per heavy atom. The number of nitrogens with one attached hydrogen (secondary N) is 1. The largest absolute Gasteiger partial charge is 0.481 e. The molecule has 0 bridgehead atoms. The highest BCUT2D eigenvalue weighted by Gasteiger charge is 2.20. The smallest absolute Gasteiger partial charge is 0.293 e. The van der Waals surface area contributed by atoms with Gasteiger partial charge in [0.2, 0.25) is 0 Å². The first-order valence-corrected chi connectivity index (χ1v) is 6.75. The Morgan fingerprint density at radius 1 is 1.23 bits per heavy atom. The van der Waals surface area contributed by atoms with Gasteiger partial charge in [0.05, 0.1) is 4.92 Å². The molecule has 0 aliphatic carbocycles. The summed E-state index contributed by atoms with van der Waals surface area (Å²) in [6.07, 6.45) is -0.775. The van der Waals surface area contributed by atoms with Crippen molar-refractivity contribution in [2.45, 2.75) is 20.0 Å². The lowest BCUT2D eigenvalue weighted by Crippen LogP contribution is -2.30. The minimum atomic E-state index is -0.775. The Balaban J connectivity index is 2.10. The lowest BCUT2D eigenvalue weighted by atomic mass is 10.2. The highest BCUT2D eigenvalue weighted by molar-refractivity contribution is 5.96. The van der Waals surface area contributed by atoms with Crippen molar-refractivity contribution in [3.63, 3.8) is 0 Å². The van der Waals surface area contributed by atoms with E-state index >= 15 is 0 Å². The number of ether oxygens (including phenoxy) is 1. The molecule has 2 rings (SSSR count). The maximum absolute atomic E-state index is 12.1. The molecule has 2 aromatic carbocycles. The molecule has 0 aliphatic rings. The number of hydrogen-bond donors (Lipinski definition) is 1. The zero-order chi connectivity index (χ0) is 16.1. The van der Waals surface area contributed by atoms with E-state index < -0.39 is 16.9 Å². The van der Waals surface area contributed by atoms with Gasteiger partial charge in [-0.25, -0.2) is 0 Å². The van der Waals surface area contributed by atoms with Gasteiger partial charge in [0.1, 0.15) is 11.4 Å². The van der Waals surface area contributed by atoms with Crippen LogP contribution in [0.5, 0.6) is 5.75 Å². The van der Waals surface area contributed by atoms with E-state index in [2.05, 4.69) is 5.32 Å². The van der Waals surface area contributed by atoms with Gasteiger partial charge in [-0.2, -0.15) is 0 Å². The monoisotopic (exact) mass is 300 g/mol. The molecule has 22 heavy (non-hydrogen) atoms. The van der Waals surface area contributed by atoms with Crippen LogP contribution in [0.4, 0.5) is 11.4 Å². The maximum Gasteiger partial charge on any atom is 0.293 e. The second-order valence-corrected chi connectivity index (χ2v) is 4.84. The second-order valence-electron chi connectivity index (χ2n) is 4.84. The van der Waals surface area contributed by atoms with Crippen LogP contribution in [0, 0.1) is 17.0 Å². The van der Waals surface area contributed by atoms with Crippen molar-refractivity contribution in [2.24, 2.45) is 0 Å². The van der Waals surface area contributed by atoms with Crippen LogP contribution in [-0.2, 0) is 4.79 Å². The predicted molar refractivity (Wildman–Crippen MR) is 83.0 cm³/mol. The molecule has 0 fully saturated rings. The SMILES string of the molecule is Cc1ccc(NC(=O)[C@@H](C)Oc2ccccc2)c([N+](=O)[O-])c1. The zero-order valence-electron chi connectivity index (χ0n) is 12.3. The lowest BCUT2D eigenvalue weighted by molar-refractivity contribution is -0.384. The minimum Gasteiger partial charge on any atom is -0.481 e. The number of benzene rings is 2. The Morgan fingerprint density at radius 3 is 2.55 bits per heavy atom. The molecule has 1 amide bonds. The van der Waals surface area contributed by atoms with Crippen LogP contribution in [0.1, 0.15) is 12.5 Å². The molecular weight excluding hydrogens is 284 g/mol. The molecule has 0 saturated carbocycles. The van der Waals surface area contributed by atoms with E-state index in [1.165, 1.54) is 12.1 Å². The number of nitro groups is 1. The standard InChI is InChI=1S/C16H16N2O4/c1-11-8-9-14(15(10-11)18(20)21)17-16(19)12(2)22-13-6-4-3-5-7-13/h3-10,12H,1-2H3,(H,17,19)/t12-/m1/s1. The fourth-order valence-electron chi connectivity index (χ4n) is 1.89. The summed E-state index contributed by atoms with van der Waals surface area (Å²) in [5, 5.41) is 13.6. The summed E-state index contributed by atoms with van der Waals surface area (Å²) in [5.74, 6) is 0.111. The quantitative estimate of drug-likeness (QED) is 0.678. The molecule has 0 saturated heterocycles. The molecule has 0 aromatic heterocycles. The molecule has 0 unspecified atom stereocenters. The van der Waals surface area contributed by atoms with Crippen molar-refractivity contribution in [1.29, 1.82) is 0 Å². The van der Waals surface area contributed by atoms with Gasteiger partial charge in [0.15, 0.2) is 6.10 Å². The maximum atomic E-state index is 12.1. The van der Waals surface area contributed by atoms with Gasteiger partial charge < -0.3 is 10.1 Å². The van der Waals surface area contributed by atoms with Crippen molar-refractivity contribution in [1.82, 2.24) is 0 Å². The molecule has 0 heterocycles. The van der Waals surface area contributed by atoms with E-state index in [0.717, 1.165) is 5.56 Å². The van der Waals surface area contributed by atoms with Crippen molar-refractivity contribution in [2.75, 3.05) is 5.32 Å². The van der Waals surface area contributed by atoms with Crippen LogP contribution in [0.3, 0.4) is 0 Å². The minimum absolute atomic E-state index is 0.139. The van der Waals surface area contributed by atoms with Crippen LogP contribution in [-0.4, -0.2) is 16.9 Å². The van der Waals surface area contributed by atoms with Gasteiger partial charge in [0, 0.05) is 6.07 Å². The van der Waals surface area contributed by atoms with Crippen molar-refractivity contribution < 1.29 is 14.5 Å². The van der Waals surface area contributed by atoms with E-state index in [1.807, 2.05) is 6.07 Å². The predicted octanol–water partition coefficient (Wildman–Crippen LogP) is 3.31. The summed E-state index contributed by atoms with van der Waals surface area (Å²) < 4.78 is 5.49. The van der Waals surface area contributed by atoms with Gasteiger partial charge in [-0.1, -0.05) is 24.3 Å². The molecule has 1 atom stereocenters. The molecule has 6 nitrogen and oxygen atoms in total.